The zero-order valence-electron chi connectivity index (χ0n) is 12.8. The monoisotopic (exact) mass is 274 g/mol. The van der Waals surface area contributed by atoms with Gasteiger partial charge in [-0.25, -0.2) is 0 Å². The van der Waals surface area contributed by atoms with Gasteiger partial charge in [-0.15, -0.1) is 0 Å². The molecule has 0 radical (unpaired) electrons. The minimum Gasteiger partial charge on any atom is -0.340 e. The van der Waals surface area contributed by atoms with Crippen molar-refractivity contribution in [3.63, 3.8) is 0 Å². The minimum absolute atomic E-state index is 0.263. The molecule has 1 aromatic rings. The molecule has 0 aliphatic carbocycles. The van der Waals surface area contributed by atoms with Crippen LogP contribution in [0.3, 0.4) is 0 Å². The third kappa shape index (κ3) is 4.34. The maximum Gasteiger partial charge on any atom is 0.227 e. The van der Waals surface area contributed by atoms with Crippen LogP contribution in [-0.4, -0.2) is 48.9 Å². The summed E-state index contributed by atoms with van der Waals surface area (Å²) in [5, 5.41) is 0. The number of amides is 1. The summed E-state index contributed by atoms with van der Waals surface area (Å²) >= 11 is 0. The molecule has 2 rings (SSSR count). The van der Waals surface area contributed by atoms with Crippen molar-refractivity contribution in [2.75, 3.05) is 33.2 Å². The fourth-order valence-corrected chi connectivity index (χ4v) is 2.55. The molecule has 1 aliphatic heterocycles. The molecule has 1 saturated heterocycles. The quantitative estimate of drug-likeness (QED) is 0.823. The van der Waals surface area contributed by atoms with Gasteiger partial charge >= 0.3 is 0 Å². The summed E-state index contributed by atoms with van der Waals surface area (Å²) in [6.07, 6.45) is 4.14. The third-order valence-electron chi connectivity index (χ3n) is 4.05. The van der Waals surface area contributed by atoms with E-state index in [0.29, 0.717) is 6.42 Å². The van der Waals surface area contributed by atoms with E-state index in [4.69, 9.17) is 0 Å². The zero-order valence-corrected chi connectivity index (χ0v) is 12.8. The molecule has 0 spiro atoms. The normalized spacial score (nSPS) is 16.4. The molecule has 0 atom stereocenters. The van der Waals surface area contributed by atoms with E-state index >= 15 is 0 Å². The van der Waals surface area contributed by atoms with E-state index in [9.17, 15) is 4.79 Å². The Hall–Kier alpha value is -1.35. The number of rotatable bonds is 5. The van der Waals surface area contributed by atoms with E-state index in [1.54, 1.807) is 0 Å². The Morgan fingerprint density at radius 1 is 1.05 bits per heavy atom. The molecular formula is C17H26N2O. The summed E-state index contributed by atoms with van der Waals surface area (Å²) in [7, 11) is 2.11. The number of hydrogen-bond acceptors (Lipinski definition) is 2. The number of unbranched alkanes of at least 4 members (excludes halogenated alkanes) is 1. The van der Waals surface area contributed by atoms with E-state index in [2.05, 4.69) is 43.1 Å². The SMILES string of the molecule is CCCCc1ccc(CC(=O)N2CCN(C)CC2)cc1. The van der Waals surface area contributed by atoms with Crippen LogP contribution in [0.1, 0.15) is 30.9 Å². The van der Waals surface area contributed by atoms with Crippen LogP contribution in [0.4, 0.5) is 0 Å². The van der Waals surface area contributed by atoms with Crippen molar-refractivity contribution >= 4 is 5.91 Å². The Kier molecular flexibility index (Phi) is 5.60. The first-order valence-corrected chi connectivity index (χ1v) is 7.73. The van der Waals surface area contributed by atoms with Crippen molar-refractivity contribution in [1.29, 1.82) is 0 Å². The summed E-state index contributed by atoms with van der Waals surface area (Å²) < 4.78 is 0. The summed E-state index contributed by atoms with van der Waals surface area (Å²) in [5.41, 5.74) is 2.51. The predicted octanol–water partition coefficient (Wildman–Crippen LogP) is 2.35. The van der Waals surface area contributed by atoms with Crippen molar-refractivity contribution in [3.05, 3.63) is 35.4 Å². The van der Waals surface area contributed by atoms with E-state index in [0.717, 1.165) is 38.2 Å². The first kappa shape index (κ1) is 15.0. The Morgan fingerprint density at radius 3 is 2.25 bits per heavy atom. The molecule has 1 aromatic carbocycles. The number of benzene rings is 1. The van der Waals surface area contributed by atoms with Crippen LogP contribution in [0.15, 0.2) is 24.3 Å². The molecule has 1 amide bonds. The van der Waals surface area contributed by atoms with Crippen LogP contribution >= 0.6 is 0 Å². The Balaban J connectivity index is 1.84. The van der Waals surface area contributed by atoms with Gasteiger partial charge in [-0.2, -0.15) is 0 Å². The molecule has 0 N–H and O–H groups in total. The van der Waals surface area contributed by atoms with Gasteiger partial charge < -0.3 is 9.80 Å². The number of piperazine rings is 1. The summed E-state index contributed by atoms with van der Waals surface area (Å²) in [6, 6.07) is 8.56. The lowest BCUT2D eigenvalue weighted by Gasteiger charge is -2.32. The summed E-state index contributed by atoms with van der Waals surface area (Å²) in [4.78, 5) is 16.5. The first-order valence-electron chi connectivity index (χ1n) is 7.73. The van der Waals surface area contributed by atoms with Gasteiger partial charge in [-0.05, 0) is 31.0 Å². The molecule has 1 aliphatic rings. The second-order valence-electron chi connectivity index (χ2n) is 5.78. The molecule has 110 valence electrons. The van der Waals surface area contributed by atoms with E-state index < -0.39 is 0 Å². The summed E-state index contributed by atoms with van der Waals surface area (Å²) in [6.45, 7) is 5.92. The van der Waals surface area contributed by atoms with Gasteiger partial charge in [0.15, 0.2) is 0 Å². The van der Waals surface area contributed by atoms with Crippen LogP contribution in [0, 0.1) is 0 Å². The van der Waals surface area contributed by atoms with E-state index in [1.165, 1.54) is 18.4 Å². The van der Waals surface area contributed by atoms with Crippen LogP contribution in [-0.2, 0) is 17.6 Å². The first-order chi connectivity index (χ1) is 9.69. The molecule has 0 bridgehead atoms. The largest absolute Gasteiger partial charge is 0.340 e. The fraction of sp³-hybridized carbons (Fsp3) is 0.588. The number of nitrogens with zero attached hydrogens (tertiary/aromatic N) is 2. The molecule has 3 nitrogen and oxygen atoms in total. The second-order valence-corrected chi connectivity index (χ2v) is 5.78. The lowest BCUT2D eigenvalue weighted by atomic mass is 10.0. The molecule has 0 unspecified atom stereocenters. The molecule has 20 heavy (non-hydrogen) atoms. The van der Waals surface area contributed by atoms with Crippen LogP contribution in [0.25, 0.3) is 0 Å². The minimum atomic E-state index is 0.263. The smallest absolute Gasteiger partial charge is 0.227 e. The summed E-state index contributed by atoms with van der Waals surface area (Å²) in [5.74, 6) is 0.263. The third-order valence-corrected chi connectivity index (χ3v) is 4.05. The van der Waals surface area contributed by atoms with Gasteiger partial charge in [0.2, 0.25) is 5.91 Å². The van der Waals surface area contributed by atoms with Crippen molar-refractivity contribution in [1.82, 2.24) is 9.80 Å². The van der Waals surface area contributed by atoms with Gasteiger partial charge in [-0.1, -0.05) is 37.6 Å². The fourth-order valence-electron chi connectivity index (χ4n) is 2.55. The molecule has 0 saturated carbocycles. The maximum atomic E-state index is 12.2. The van der Waals surface area contributed by atoms with Crippen molar-refractivity contribution in [2.24, 2.45) is 0 Å². The van der Waals surface area contributed by atoms with Gasteiger partial charge in [-0.3, -0.25) is 4.79 Å². The zero-order chi connectivity index (χ0) is 14.4. The standard InChI is InChI=1S/C17H26N2O/c1-3-4-5-15-6-8-16(9-7-15)14-17(20)19-12-10-18(2)11-13-19/h6-9H,3-5,10-14H2,1-2H3. The topological polar surface area (TPSA) is 23.6 Å². The van der Waals surface area contributed by atoms with E-state index in [-0.39, 0.29) is 5.91 Å². The molecule has 3 heteroatoms. The van der Waals surface area contributed by atoms with Gasteiger partial charge in [0.1, 0.15) is 0 Å². The molecule has 1 heterocycles. The Bertz CT molecular complexity index is 419. The highest BCUT2D eigenvalue weighted by Gasteiger charge is 2.18. The number of likely N-dealkylation sites (N-methyl/N-ethyl adjacent to an activating group) is 1. The van der Waals surface area contributed by atoms with Gasteiger partial charge in [0, 0.05) is 26.2 Å². The second kappa shape index (κ2) is 7.44. The lowest BCUT2D eigenvalue weighted by Crippen LogP contribution is -2.47. The molecular weight excluding hydrogens is 248 g/mol. The number of hydrogen-bond donors (Lipinski definition) is 0. The Labute approximate surface area is 122 Å². The van der Waals surface area contributed by atoms with Crippen LogP contribution < -0.4 is 0 Å². The highest BCUT2D eigenvalue weighted by molar-refractivity contribution is 5.78. The average Bonchev–Trinajstić information content (AvgIpc) is 2.47. The van der Waals surface area contributed by atoms with Crippen molar-refractivity contribution < 1.29 is 4.79 Å². The molecule has 1 fully saturated rings. The van der Waals surface area contributed by atoms with Gasteiger partial charge in [0.25, 0.3) is 0 Å². The number of aryl methyl sites for hydroxylation is 1. The highest BCUT2D eigenvalue weighted by atomic mass is 16.2. The maximum absolute atomic E-state index is 12.2. The highest BCUT2D eigenvalue weighted by Crippen LogP contribution is 2.10. The van der Waals surface area contributed by atoms with Gasteiger partial charge in [0.05, 0.1) is 6.42 Å². The molecule has 0 aromatic heterocycles. The van der Waals surface area contributed by atoms with Crippen LogP contribution in [0.5, 0.6) is 0 Å². The lowest BCUT2D eigenvalue weighted by molar-refractivity contribution is -0.132. The predicted molar refractivity (Wildman–Crippen MR) is 82.8 cm³/mol. The van der Waals surface area contributed by atoms with Crippen LogP contribution in [0.2, 0.25) is 0 Å². The van der Waals surface area contributed by atoms with Crippen molar-refractivity contribution in [3.8, 4) is 0 Å². The Morgan fingerprint density at radius 2 is 1.65 bits per heavy atom. The number of carbonyl (C=O) groups excluding carboxylic acids is 1. The van der Waals surface area contributed by atoms with Crippen molar-refractivity contribution in [2.45, 2.75) is 32.6 Å². The van der Waals surface area contributed by atoms with E-state index in [1.807, 2.05) is 4.90 Å². The average molecular weight is 274 g/mol. The number of carbonyl (C=O) groups is 1.